The lowest BCUT2D eigenvalue weighted by Gasteiger charge is -2.32. The minimum atomic E-state index is -0.249. The number of carbonyl (C=O) groups is 1. The monoisotopic (exact) mass is 689 g/mol. The molecule has 0 bridgehead atoms. The van der Waals surface area contributed by atoms with Crippen LogP contribution in [0, 0.1) is 0 Å². The number of carbonyl (C=O) groups excluding carboxylic acids is 1. The largest absolute Gasteiger partial charge is 0.369 e. The maximum Gasteiger partial charge on any atom is 0.259 e. The minimum Gasteiger partial charge on any atom is -0.369 e. The van der Waals surface area contributed by atoms with Gasteiger partial charge in [0.2, 0.25) is 0 Å². The Labute approximate surface area is 296 Å². The smallest absolute Gasteiger partial charge is 0.259 e. The second-order valence-corrected chi connectivity index (χ2v) is 13.9. The number of nitrogens with two attached hydrogens (primary N) is 1. The molecule has 2 aromatic carbocycles. The van der Waals surface area contributed by atoms with Crippen molar-refractivity contribution in [1.82, 2.24) is 44.5 Å². The Hall–Kier alpha value is -4.79. The van der Waals surface area contributed by atoms with Crippen molar-refractivity contribution in [2.24, 2.45) is 0 Å². The lowest BCUT2D eigenvalue weighted by molar-refractivity contribution is 0.102. The number of pyridine rings is 1. The number of benzene rings is 2. The molecule has 0 spiro atoms. The summed E-state index contributed by atoms with van der Waals surface area (Å²) in [5, 5.41) is 6.25. The van der Waals surface area contributed by atoms with E-state index in [-0.39, 0.29) is 5.91 Å². The van der Waals surface area contributed by atoms with Crippen LogP contribution in [0.4, 0.5) is 11.8 Å². The number of anilines is 2. The van der Waals surface area contributed by atoms with Crippen LogP contribution in [0.15, 0.2) is 78.7 Å². The number of aromatic nitrogens is 5. The Bertz CT molecular complexity index is 2040. The molecule has 258 valence electrons. The van der Waals surface area contributed by atoms with E-state index in [0.29, 0.717) is 28.4 Å². The topological polar surface area (TPSA) is 135 Å². The van der Waals surface area contributed by atoms with Crippen LogP contribution in [0.5, 0.6) is 0 Å². The molecule has 1 amide bonds. The van der Waals surface area contributed by atoms with Crippen LogP contribution in [0.25, 0.3) is 32.2 Å². The zero-order valence-electron chi connectivity index (χ0n) is 28.5. The molecule has 0 aliphatic carbocycles. The molecule has 0 unspecified atom stereocenters. The van der Waals surface area contributed by atoms with Gasteiger partial charge in [0.05, 0.1) is 23.0 Å². The molecule has 0 atom stereocenters. The predicted octanol–water partition coefficient (Wildman–Crippen LogP) is 4.65. The molecule has 2 fully saturated rings. The number of amides is 1. The summed E-state index contributed by atoms with van der Waals surface area (Å²) in [7, 11) is 4.31. The minimum absolute atomic E-state index is 0.249. The molecular formula is C37H43N11OS. The summed E-state index contributed by atoms with van der Waals surface area (Å²) >= 11 is 1.70. The summed E-state index contributed by atoms with van der Waals surface area (Å²) in [4.78, 5) is 43.4. The van der Waals surface area contributed by atoms with Crippen LogP contribution in [0.3, 0.4) is 0 Å². The van der Waals surface area contributed by atoms with Crippen LogP contribution in [-0.2, 0) is 13.1 Å². The normalized spacial score (nSPS) is 16.4. The lowest BCUT2D eigenvalue weighted by Crippen LogP contribution is -2.43. The van der Waals surface area contributed by atoms with Gasteiger partial charge in [0, 0.05) is 105 Å². The number of thiophene rings is 1. The molecule has 13 heteroatoms. The van der Waals surface area contributed by atoms with E-state index in [4.69, 9.17) is 5.73 Å². The fourth-order valence-corrected chi connectivity index (χ4v) is 7.35. The Kier molecular flexibility index (Phi) is 10.4. The van der Waals surface area contributed by atoms with Crippen molar-refractivity contribution >= 4 is 50.1 Å². The number of likely N-dealkylation sites (N-methyl/N-ethyl adjacent to an activating group) is 2. The van der Waals surface area contributed by atoms with Crippen molar-refractivity contribution in [3.05, 3.63) is 95.5 Å². The summed E-state index contributed by atoms with van der Waals surface area (Å²) in [5.41, 5.74) is 11.6. The highest BCUT2D eigenvalue weighted by Gasteiger charge is 2.19. The van der Waals surface area contributed by atoms with Gasteiger partial charge in [-0.05, 0) is 43.2 Å². The molecule has 4 aromatic heterocycles. The second kappa shape index (κ2) is 15.4. The van der Waals surface area contributed by atoms with Gasteiger partial charge in [0.25, 0.3) is 5.91 Å². The first-order valence-electron chi connectivity index (χ1n) is 17.0. The number of nitrogens with one attached hydrogen (secondary N) is 2. The van der Waals surface area contributed by atoms with E-state index in [1.165, 1.54) is 10.1 Å². The highest BCUT2D eigenvalue weighted by atomic mass is 32.1. The van der Waals surface area contributed by atoms with Crippen molar-refractivity contribution in [3.63, 3.8) is 0 Å². The average Bonchev–Trinajstić information content (AvgIpc) is 3.76. The Morgan fingerprint density at radius 2 is 1.48 bits per heavy atom. The number of nitrogen functional groups attached to an aromatic ring is 1. The van der Waals surface area contributed by atoms with Crippen molar-refractivity contribution in [2.75, 3.05) is 77.5 Å². The van der Waals surface area contributed by atoms with Crippen LogP contribution < -0.4 is 11.1 Å². The molecular weight excluding hydrogens is 647 g/mol. The maximum atomic E-state index is 13.2. The van der Waals surface area contributed by atoms with Gasteiger partial charge in [0.15, 0.2) is 5.95 Å². The van der Waals surface area contributed by atoms with Gasteiger partial charge in [-0.1, -0.05) is 30.3 Å². The van der Waals surface area contributed by atoms with Gasteiger partial charge in [-0.3, -0.25) is 24.6 Å². The summed E-state index contributed by atoms with van der Waals surface area (Å²) < 4.78 is 1.22. The Morgan fingerprint density at radius 1 is 0.780 bits per heavy atom. The van der Waals surface area contributed by atoms with Crippen LogP contribution in [0.1, 0.15) is 21.6 Å². The standard InChI is InChI=1S/C28H26N6OS.C9H17N5/c1-33-12-14-34(15-13-33)17-19-6-9-25(31-16-19)32-28(35)22-8-7-21(26-27(22)30-11-10-29-26)23-18-36-24-5-3-2-4-20(23)24;1-13-2-4-14(5-3-13)7-8-6-11-9(10)12-8/h2-11,16,18H,12-15,17H2,1H3,(H,31,32,35);6H,2-5,7H2,1H3,(H3,10,11,12). The number of imidazole rings is 1. The van der Waals surface area contributed by atoms with Gasteiger partial charge in [-0.15, -0.1) is 11.3 Å². The molecule has 2 saturated heterocycles. The molecule has 6 aromatic rings. The quantitative estimate of drug-likeness (QED) is 0.218. The first kappa shape index (κ1) is 33.7. The lowest BCUT2D eigenvalue weighted by atomic mass is 10.00. The molecule has 0 radical (unpaired) electrons. The van der Waals surface area contributed by atoms with Crippen LogP contribution in [0.2, 0.25) is 0 Å². The summed E-state index contributed by atoms with van der Waals surface area (Å²) in [6.45, 7) is 10.6. The number of piperazine rings is 2. The van der Waals surface area contributed by atoms with Crippen molar-refractivity contribution in [3.8, 4) is 11.1 Å². The second-order valence-electron chi connectivity index (χ2n) is 13.0. The van der Waals surface area contributed by atoms with Crippen LogP contribution >= 0.6 is 11.3 Å². The number of nitrogens with zero attached hydrogens (tertiary/aromatic N) is 8. The van der Waals surface area contributed by atoms with Crippen LogP contribution in [-0.4, -0.2) is 117 Å². The molecule has 12 nitrogen and oxygen atoms in total. The number of hydrogen-bond donors (Lipinski definition) is 3. The zero-order valence-corrected chi connectivity index (χ0v) is 29.4. The number of fused-ring (bicyclic) bond motifs is 2. The molecule has 8 rings (SSSR count). The SMILES string of the molecule is CN1CCN(Cc2ccc(NC(=O)c3ccc(-c4csc5ccccc45)c4nccnc34)nc2)CC1.CN1CCN(Cc2cnc(N)[nH]2)CC1. The van der Waals surface area contributed by atoms with Crippen molar-refractivity contribution in [1.29, 1.82) is 0 Å². The van der Waals surface area contributed by atoms with Gasteiger partial charge in [0.1, 0.15) is 11.3 Å². The molecule has 0 saturated carbocycles. The summed E-state index contributed by atoms with van der Waals surface area (Å²) in [6, 6.07) is 16.0. The first-order valence-corrected chi connectivity index (χ1v) is 17.9. The summed E-state index contributed by atoms with van der Waals surface area (Å²) in [5.74, 6) is 0.780. The number of H-pyrrole nitrogens is 1. The zero-order chi connectivity index (χ0) is 34.5. The fraction of sp³-hybridized carbons (Fsp3) is 0.324. The van der Waals surface area contributed by atoms with E-state index >= 15 is 0 Å². The molecule has 6 heterocycles. The van der Waals surface area contributed by atoms with E-state index < -0.39 is 0 Å². The van der Waals surface area contributed by atoms with Gasteiger partial charge in [-0.2, -0.15) is 0 Å². The third-order valence-corrected chi connectivity index (χ3v) is 10.3. The number of aromatic amines is 1. The molecule has 2 aliphatic rings. The molecule has 50 heavy (non-hydrogen) atoms. The van der Waals surface area contributed by atoms with Gasteiger partial charge >= 0.3 is 0 Å². The highest BCUT2D eigenvalue weighted by Crippen LogP contribution is 2.37. The Morgan fingerprint density at radius 3 is 2.16 bits per heavy atom. The molecule has 4 N–H and O–H groups in total. The van der Waals surface area contributed by atoms with E-state index in [1.807, 2.05) is 48.8 Å². The van der Waals surface area contributed by atoms with Gasteiger partial charge in [-0.25, -0.2) is 9.97 Å². The highest BCUT2D eigenvalue weighted by molar-refractivity contribution is 7.17. The van der Waals surface area contributed by atoms with Crippen molar-refractivity contribution < 1.29 is 4.79 Å². The molecule has 2 aliphatic heterocycles. The van der Waals surface area contributed by atoms with Crippen molar-refractivity contribution in [2.45, 2.75) is 13.1 Å². The average molecular weight is 690 g/mol. The Balaban J connectivity index is 0.000000234. The first-order chi connectivity index (χ1) is 24.4. The fourth-order valence-electron chi connectivity index (χ4n) is 6.39. The predicted molar refractivity (Wildman–Crippen MR) is 201 cm³/mol. The maximum absolute atomic E-state index is 13.2. The van der Waals surface area contributed by atoms with E-state index in [2.05, 4.69) is 81.4 Å². The van der Waals surface area contributed by atoms with E-state index in [1.54, 1.807) is 23.7 Å². The van der Waals surface area contributed by atoms with Gasteiger partial charge < -0.3 is 25.8 Å². The summed E-state index contributed by atoms with van der Waals surface area (Å²) in [6.07, 6.45) is 6.95. The number of hydrogen-bond acceptors (Lipinski definition) is 11. The van der Waals surface area contributed by atoms with E-state index in [9.17, 15) is 4.79 Å². The third kappa shape index (κ3) is 7.98. The van der Waals surface area contributed by atoms with E-state index in [0.717, 1.165) is 87.8 Å². The third-order valence-electron chi connectivity index (χ3n) is 9.35. The number of rotatable bonds is 7.